The second-order valence-corrected chi connectivity index (χ2v) is 9.40. The molecule has 2 aromatic rings. The number of benzene rings is 2. The van der Waals surface area contributed by atoms with Gasteiger partial charge in [0.1, 0.15) is 5.82 Å². The van der Waals surface area contributed by atoms with Crippen LogP contribution < -0.4 is 20.1 Å². The standard InChI is InChI=1S/C26H34FN3O3/c1-17(2)30-13-12-26(18-8-9-22(32-3)23(14-18)33-4)11-10-21(16-24(26)30)29-25(31)28-20-7-5-6-19(27)15-20/h5-9,14-15,17,21,24H,10-13,16H2,1-4H3,(H2,28,29,31)/t21-,24+,26+/m1/s1. The van der Waals surface area contributed by atoms with E-state index in [1.165, 1.54) is 17.7 Å². The Morgan fingerprint density at radius 1 is 1.12 bits per heavy atom. The molecule has 7 heteroatoms. The monoisotopic (exact) mass is 455 g/mol. The number of fused-ring (bicyclic) bond motifs is 1. The summed E-state index contributed by atoms with van der Waals surface area (Å²) in [6.45, 7) is 5.50. The Balaban J connectivity index is 1.53. The second kappa shape index (κ2) is 9.59. The number of anilines is 1. The van der Waals surface area contributed by atoms with Crippen molar-refractivity contribution in [2.24, 2.45) is 0 Å². The van der Waals surface area contributed by atoms with Crippen LogP contribution >= 0.6 is 0 Å². The number of urea groups is 1. The third-order valence-corrected chi connectivity index (χ3v) is 7.34. The van der Waals surface area contributed by atoms with Crippen molar-refractivity contribution in [3.63, 3.8) is 0 Å². The summed E-state index contributed by atoms with van der Waals surface area (Å²) in [5, 5.41) is 5.88. The fraction of sp³-hybridized carbons (Fsp3) is 0.500. The zero-order valence-corrected chi connectivity index (χ0v) is 19.9. The van der Waals surface area contributed by atoms with E-state index in [4.69, 9.17) is 9.47 Å². The molecule has 0 unspecified atom stereocenters. The van der Waals surface area contributed by atoms with Crippen molar-refractivity contribution >= 4 is 11.7 Å². The molecule has 178 valence electrons. The van der Waals surface area contributed by atoms with Crippen LogP contribution in [0, 0.1) is 5.82 Å². The van der Waals surface area contributed by atoms with Crippen LogP contribution in [0.4, 0.5) is 14.9 Å². The predicted octanol–water partition coefficient (Wildman–Crippen LogP) is 4.94. The fourth-order valence-corrected chi connectivity index (χ4v) is 5.74. The number of carbonyl (C=O) groups is 1. The number of nitrogens with one attached hydrogen (secondary N) is 2. The molecular formula is C26H34FN3O3. The van der Waals surface area contributed by atoms with Crippen molar-refractivity contribution in [1.82, 2.24) is 10.2 Å². The van der Waals surface area contributed by atoms with Crippen molar-refractivity contribution in [2.45, 2.75) is 63.1 Å². The second-order valence-electron chi connectivity index (χ2n) is 9.40. The minimum absolute atomic E-state index is 0.0149. The van der Waals surface area contributed by atoms with E-state index in [0.717, 1.165) is 43.7 Å². The molecule has 2 fully saturated rings. The van der Waals surface area contributed by atoms with Gasteiger partial charge in [0, 0.05) is 29.2 Å². The van der Waals surface area contributed by atoms with E-state index in [-0.39, 0.29) is 23.3 Å². The lowest BCUT2D eigenvalue weighted by molar-refractivity contribution is 0.113. The number of methoxy groups -OCH3 is 2. The van der Waals surface area contributed by atoms with Crippen molar-refractivity contribution in [1.29, 1.82) is 0 Å². The molecule has 0 bridgehead atoms. The first-order valence-corrected chi connectivity index (χ1v) is 11.7. The predicted molar refractivity (Wildman–Crippen MR) is 128 cm³/mol. The molecule has 2 aliphatic rings. The number of carbonyl (C=O) groups excluding carboxylic acids is 1. The molecular weight excluding hydrogens is 421 g/mol. The lowest BCUT2D eigenvalue weighted by Gasteiger charge is -2.46. The van der Waals surface area contributed by atoms with Gasteiger partial charge in [0.25, 0.3) is 0 Å². The summed E-state index contributed by atoms with van der Waals surface area (Å²) in [4.78, 5) is 15.2. The maximum atomic E-state index is 13.5. The van der Waals surface area contributed by atoms with Crippen molar-refractivity contribution < 1.29 is 18.7 Å². The van der Waals surface area contributed by atoms with Crippen LogP contribution in [0.15, 0.2) is 42.5 Å². The highest BCUT2D eigenvalue weighted by Gasteiger charge is 2.52. The number of hydrogen-bond donors (Lipinski definition) is 2. The van der Waals surface area contributed by atoms with Crippen LogP contribution in [0.1, 0.15) is 45.1 Å². The normalized spacial score (nSPS) is 24.9. The highest BCUT2D eigenvalue weighted by molar-refractivity contribution is 5.89. The van der Waals surface area contributed by atoms with Gasteiger partial charge < -0.3 is 20.1 Å². The maximum Gasteiger partial charge on any atom is 0.319 e. The Hall–Kier alpha value is -2.80. The SMILES string of the molecule is COc1ccc([C@@]23CC[C@@H](NC(=O)Nc4cccc(F)c4)C[C@@H]2N(C(C)C)CC3)cc1OC. The van der Waals surface area contributed by atoms with Gasteiger partial charge in [-0.1, -0.05) is 12.1 Å². The smallest absolute Gasteiger partial charge is 0.319 e. The summed E-state index contributed by atoms with van der Waals surface area (Å²) in [6, 6.07) is 12.7. The molecule has 1 saturated carbocycles. The summed E-state index contributed by atoms with van der Waals surface area (Å²) >= 11 is 0. The van der Waals surface area contributed by atoms with E-state index in [1.807, 2.05) is 6.07 Å². The number of ether oxygens (including phenoxy) is 2. The lowest BCUT2D eigenvalue weighted by Crippen LogP contribution is -2.54. The highest BCUT2D eigenvalue weighted by atomic mass is 19.1. The molecule has 1 aliphatic heterocycles. The molecule has 0 aromatic heterocycles. The number of hydrogen-bond acceptors (Lipinski definition) is 4. The highest BCUT2D eigenvalue weighted by Crippen LogP contribution is 2.50. The average Bonchev–Trinajstić information content (AvgIpc) is 3.18. The molecule has 3 atom stereocenters. The minimum Gasteiger partial charge on any atom is -0.493 e. The first-order valence-electron chi connectivity index (χ1n) is 11.7. The minimum atomic E-state index is -0.372. The molecule has 1 heterocycles. The average molecular weight is 456 g/mol. The molecule has 0 radical (unpaired) electrons. The van der Waals surface area contributed by atoms with Crippen LogP contribution in [0.25, 0.3) is 0 Å². The molecule has 2 aromatic carbocycles. The Morgan fingerprint density at radius 3 is 2.61 bits per heavy atom. The molecule has 6 nitrogen and oxygen atoms in total. The first-order chi connectivity index (χ1) is 15.9. The van der Waals surface area contributed by atoms with Gasteiger partial charge in [0.05, 0.1) is 14.2 Å². The summed E-state index contributed by atoms with van der Waals surface area (Å²) in [6.07, 6.45) is 3.80. The zero-order valence-electron chi connectivity index (χ0n) is 19.9. The van der Waals surface area contributed by atoms with E-state index in [0.29, 0.717) is 17.8 Å². The molecule has 4 rings (SSSR count). The molecule has 1 saturated heterocycles. The largest absolute Gasteiger partial charge is 0.493 e. The van der Waals surface area contributed by atoms with Crippen LogP contribution in [-0.2, 0) is 5.41 Å². The molecule has 2 N–H and O–H groups in total. The van der Waals surface area contributed by atoms with Crippen LogP contribution in [-0.4, -0.2) is 49.8 Å². The zero-order chi connectivity index (χ0) is 23.6. The van der Waals surface area contributed by atoms with Gasteiger partial charge in [-0.25, -0.2) is 9.18 Å². The number of amides is 2. The molecule has 0 spiro atoms. The van der Waals surface area contributed by atoms with Gasteiger partial charge in [0.2, 0.25) is 0 Å². The van der Waals surface area contributed by atoms with Gasteiger partial charge in [-0.2, -0.15) is 0 Å². The maximum absolute atomic E-state index is 13.5. The van der Waals surface area contributed by atoms with Gasteiger partial charge in [-0.15, -0.1) is 0 Å². The van der Waals surface area contributed by atoms with E-state index in [1.54, 1.807) is 26.4 Å². The van der Waals surface area contributed by atoms with E-state index in [2.05, 4.69) is 41.5 Å². The van der Waals surface area contributed by atoms with Gasteiger partial charge >= 0.3 is 6.03 Å². The first kappa shape index (κ1) is 23.4. The number of likely N-dealkylation sites (tertiary alicyclic amines) is 1. The Bertz CT molecular complexity index is 998. The molecule has 33 heavy (non-hydrogen) atoms. The van der Waals surface area contributed by atoms with Gasteiger partial charge in [-0.3, -0.25) is 4.90 Å². The Kier molecular flexibility index (Phi) is 6.79. The number of rotatable bonds is 6. The quantitative estimate of drug-likeness (QED) is 0.648. The fourth-order valence-electron chi connectivity index (χ4n) is 5.74. The third kappa shape index (κ3) is 4.64. The summed E-state index contributed by atoms with van der Waals surface area (Å²) < 4.78 is 24.5. The van der Waals surface area contributed by atoms with Crippen molar-refractivity contribution in [2.75, 3.05) is 26.1 Å². The van der Waals surface area contributed by atoms with Crippen LogP contribution in [0.3, 0.4) is 0 Å². The summed E-state index contributed by atoms with van der Waals surface area (Å²) in [5.74, 6) is 1.11. The molecule has 2 amide bonds. The van der Waals surface area contributed by atoms with Crippen molar-refractivity contribution in [3.8, 4) is 11.5 Å². The van der Waals surface area contributed by atoms with Gasteiger partial charge in [0.15, 0.2) is 11.5 Å². The molecule has 1 aliphatic carbocycles. The summed E-state index contributed by atoms with van der Waals surface area (Å²) in [7, 11) is 3.32. The number of nitrogens with zero attached hydrogens (tertiary/aromatic N) is 1. The van der Waals surface area contributed by atoms with E-state index >= 15 is 0 Å². The van der Waals surface area contributed by atoms with Crippen LogP contribution in [0.2, 0.25) is 0 Å². The van der Waals surface area contributed by atoms with Crippen molar-refractivity contribution in [3.05, 3.63) is 53.8 Å². The van der Waals surface area contributed by atoms with E-state index in [9.17, 15) is 9.18 Å². The third-order valence-electron chi connectivity index (χ3n) is 7.34. The Labute approximate surface area is 195 Å². The Morgan fingerprint density at radius 2 is 1.91 bits per heavy atom. The topological polar surface area (TPSA) is 62.8 Å². The number of halogens is 1. The van der Waals surface area contributed by atoms with E-state index < -0.39 is 0 Å². The van der Waals surface area contributed by atoms with Gasteiger partial charge in [-0.05, 0) is 82.0 Å². The van der Waals surface area contributed by atoms with Crippen LogP contribution in [0.5, 0.6) is 11.5 Å². The lowest BCUT2D eigenvalue weighted by atomic mass is 9.65. The summed E-state index contributed by atoms with van der Waals surface area (Å²) in [5.41, 5.74) is 1.74.